The van der Waals surface area contributed by atoms with Gasteiger partial charge in [-0.1, -0.05) is 11.8 Å². The number of fused-ring (bicyclic) bond motifs is 1. The van der Waals surface area contributed by atoms with Crippen molar-refractivity contribution in [3.05, 3.63) is 18.2 Å². The number of nitrogens with one attached hydrogen (secondary N) is 1. The molecule has 5 N–H and O–H groups in total. The molecular weight excluding hydrogens is 320 g/mol. The molecule has 0 aliphatic carbocycles. The molecule has 0 bridgehead atoms. The number of nitrogen functional groups attached to an aromatic ring is 2. The van der Waals surface area contributed by atoms with Crippen molar-refractivity contribution in [2.75, 3.05) is 23.6 Å². The molecule has 9 nitrogen and oxygen atoms in total. The fraction of sp³-hybridized carbons (Fsp3) is 0.231. The number of amides is 1. The maximum absolute atomic E-state index is 12.2. The van der Waals surface area contributed by atoms with E-state index >= 15 is 0 Å². The largest absolute Gasteiger partial charge is 0.454 e. The Labute approximate surface area is 135 Å². The zero-order valence-corrected chi connectivity index (χ0v) is 13.0. The van der Waals surface area contributed by atoms with Crippen molar-refractivity contribution in [2.45, 2.75) is 17.3 Å². The number of nitrogens with two attached hydrogens (primary N) is 2. The second-order valence-electron chi connectivity index (χ2n) is 4.65. The van der Waals surface area contributed by atoms with Gasteiger partial charge in [-0.15, -0.1) is 0 Å². The van der Waals surface area contributed by atoms with Gasteiger partial charge in [0.1, 0.15) is 0 Å². The molecule has 3 rings (SSSR count). The summed E-state index contributed by atoms with van der Waals surface area (Å²) in [6.07, 6.45) is 0. The van der Waals surface area contributed by atoms with Crippen molar-refractivity contribution in [3.8, 4) is 11.5 Å². The third kappa shape index (κ3) is 3.54. The molecule has 2 heterocycles. The van der Waals surface area contributed by atoms with Gasteiger partial charge in [0.2, 0.25) is 24.6 Å². The SMILES string of the molecule is C[C@@H](Sc1nc(N)nc(N)n1)C(=O)Nc1ccc2c(c1)OCO2. The van der Waals surface area contributed by atoms with Gasteiger partial charge in [-0.2, -0.15) is 15.0 Å². The number of thioether (sulfide) groups is 1. The minimum absolute atomic E-state index is 0.0170. The summed E-state index contributed by atoms with van der Waals surface area (Å²) in [4.78, 5) is 23.8. The van der Waals surface area contributed by atoms with Crippen molar-refractivity contribution in [1.29, 1.82) is 0 Å². The van der Waals surface area contributed by atoms with Crippen LogP contribution in [0.4, 0.5) is 17.6 Å². The highest BCUT2D eigenvalue weighted by Crippen LogP contribution is 2.34. The maximum Gasteiger partial charge on any atom is 0.237 e. The summed E-state index contributed by atoms with van der Waals surface area (Å²) in [7, 11) is 0. The molecule has 1 aliphatic rings. The molecule has 0 radical (unpaired) electrons. The maximum atomic E-state index is 12.2. The van der Waals surface area contributed by atoms with Gasteiger partial charge in [-0.3, -0.25) is 4.79 Å². The number of hydrogen-bond donors (Lipinski definition) is 3. The van der Waals surface area contributed by atoms with E-state index in [2.05, 4.69) is 20.3 Å². The topological polar surface area (TPSA) is 138 Å². The number of ether oxygens (including phenoxy) is 2. The number of anilines is 3. The average Bonchev–Trinajstić information content (AvgIpc) is 2.93. The smallest absolute Gasteiger partial charge is 0.237 e. The monoisotopic (exact) mass is 334 g/mol. The zero-order chi connectivity index (χ0) is 16.4. The summed E-state index contributed by atoms with van der Waals surface area (Å²) in [6, 6.07) is 5.18. The number of hydrogen-bond acceptors (Lipinski definition) is 9. The second-order valence-corrected chi connectivity index (χ2v) is 5.96. The van der Waals surface area contributed by atoms with E-state index in [-0.39, 0.29) is 24.6 Å². The average molecular weight is 334 g/mol. The van der Waals surface area contributed by atoms with E-state index in [1.807, 2.05) is 0 Å². The van der Waals surface area contributed by atoms with Crippen LogP contribution in [0.3, 0.4) is 0 Å². The van der Waals surface area contributed by atoms with Crippen LogP contribution in [0.2, 0.25) is 0 Å². The molecule has 2 aromatic rings. The number of nitrogens with zero attached hydrogens (tertiary/aromatic N) is 3. The summed E-state index contributed by atoms with van der Waals surface area (Å²) in [5.41, 5.74) is 11.6. The van der Waals surface area contributed by atoms with Crippen LogP contribution in [0.1, 0.15) is 6.92 Å². The molecule has 1 amide bonds. The molecule has 1 aliphatic heterocycles. The molecule has 0 saturated carbocycles. The van der Waals surface area contributed by atoms with Crippen LogP contribution in [0, 0.1) is 0 Å². The van der Waals surface area contributed by atoms with Crippen LogP contribution >= 0.6 is 11.8 Å². The first-order valence-corrected chi connectivity index (χ1v) is 7.53. The van der Waals surface area contributed by atoms with Gasteiger partial charge in [0.15, 0.2) is 16.7 Å². The van der Waals surface area contributed by atoms with Gasteiger partial charge in [-0.05, 0) is 19.1 Å². The zero-order valence-electron chi connectivity index (χ0n) is 12.1. The second kappa shape index (κ2) is 6.16. The Kier molecular flexibility index (Phi) is 4.06. The number of benzene rings is 1. The number of carbonyl (C=O) groups excluding carboxylic acids is 1. The third-order valence-corrected chi connectivity index (χ3v) is 3.90. The minimum Gasteiger partial charge on any atom is -0.454 e. The Morgan fingerprint density at radius 2 is 1.91 bits per heavy atom. The van der Waals surface area contributed by atoms with Crippen LogP contribution in [-0.4, -0.2) is 32.9 Å². The van der Waals surface area contributed by atoms with Crippen molar-refractivity contribution in [1.82, 2.24) is 15.0 Å². The van der Waals surface area contributed by atoms with Gasteiger partial charge in [0, 0.05) is 11.8 Å². The molecule has 120 valence electrons. The Bertz CT molecular complexity index is 736. The summed E-state index contributed by atoms with van der Waals surface area (Å²) in [5.74, 6) is 1.07. The normalized spacial score (nSPS) is 13.6. The summed E-state index contributed by atoms with van der Waals surface area (Å²) < 4.78 is 10.5. The first kappa shape index (κ1) is 15.2. The molecule has 0 spiro atoms. The van der Waals surface area contributed by atoms with E-state index < -0.39 is 5.25 Å². The fourth-order valence-electron chi connectivity index (χ4n) is 1.87. The molecule has 0 unspecified atom stereocenters. The molecule has 23 heavy (non-hydrogen) atoms. The lowest BCUT2D eigenvalue weighted by Gasteiger charge is -2.11. The van der Waals surface area contributed by atoms with Crippen LogP contribution in [0.5, 0.6) is 11.5 Å². The summed E-state index contributed by atoms with van der Waals surface area (Å²) >= 11 is 1.13. The molecule has 1 aromatic carbocycles. The Morgan fingerprint density at radius 1 is 1.22 bits per heavy atom. The number of rotatable bonds is 4. The quantitative estimate of drug-likeness (QED) is 0.695. The van der Waals surface area contributed by atoms with Crippen molar-refractivity contribution < 1.29 is 14.3 Å². The van der Waals surface area contributed by atoms with Gasteiger partial charge in [0.25, 0.3) is 0 Å². The van der Waals surface area contributed by atoms with Gasteiger partial charge in [-0.25, -0.2) is 0 Å². The first-order valence-electron chi connectivity index (χ1n) is 6.65. The summed E-state index contributed by atoms with van der Waals surface area (Å²) in [6.45, 7) is 1.91. The highest BCUT2D eigenvalue weighted by Gasteiger charge is 2.19. The highest BCUT2D eigenvalue weighted by atomic mass is 32.2. The molecule has 1 atom stereocenters. The lowest BCUT2D eigenvalue weighted by molar-refractivity contribution is -0.115. The van der Waals surface area contributed by atoms with Crippen molar-refractivity contribution in [3.63, 3.8) is 0 Å². The van der Waals surface area contributed by atoms with E-state index in [0.29, 0.717) is 22.3 Å². The predicted octanol–water partition coefficient (Wildman–Crippen LogP) is 0.884. The Balaban J connectivity index is 1.65. The number of carbonyl (C=O) groups is 1. The lowest BCUT2D eigenvalue weighted by atomic mass is 10.2. The first-order chi connectivity index (χ1) is 11.0. The van der Waals surface area contributed by atoms with Crippen LogP contribution in [0.15, 0.2) is 23.4 Å². The van der Waals surface area contributed by atoms with Gasteiger partial charge >= 0.3 is 0 Å². The standard InChI is InChI=1S/C13H14N6O3S/c1-6(23-13-18-11(14)17-12(15)19-13)10(20)16-7-2-3-8-9(4-7)22-5-21-8/h2-4,6H,5H2,1H3,(H,16,20)(H4,14,15,17,18,19)/t6-/m1/s1. The molecule has 1 aromatic heterocycles. The molecular formula is C13H14N6O3S. The molecule has 0 saturated heterocycles. The summed E-state index contributed by atoms with van der Waals surface area (Å²) in [5, 5.41) is 2.63. The minimum atomic E-state index is -0.457. The lowest BCUT2D eigenvalue weighted by Crippen LogP contribution is -2.22. The predicted molar refractivity (Wildman–Crippen MR) is 85.2 cm³/mol. The van der Waals surface area contributed by atoms with E-state index in [4.69, 9.17) is 20.9 Å². The third-order valence-electron chi connectivity index (χ3n) is 2.94. The molecule has 10 heteroatoms. The molecule has 0 fully saturated rings. The van der Waals surface area contributed by atoms with E-state index in [1.54, 1.807) is 25.1 Å². The van der Waals surface area contributed by atoms with Crippen molar-refractivity contribution in [2.24, 2.45) is 0 Å². The van der Waals surface area contributed by atoms with Crippen LogP contribution in [-0.2, 0) is 4.79 Å². The Morgan fingerprint density at radius 3 is 2.65 bits per heavy atom. The Hall–Kier alpha value is -2.75. The highest BCUT2D eigenvalue weighted by molar-refractivity contribution is 8.00. The van der Waals surface area contributed by atoms with E-state index in [9.17, 15) is 4.79 Å². The van der Waals surface area contributed by atoms with Crippen molar-refractivity contribution >= 4 is 35.3 Å². The van der Waals surface area contributed by atoms with Crippen LogP contribution in [0.25, 0.3) is 0 Å². The van der Waals surface area contributed by atoms with Crippen LogP contribution < -0.4 is 26.3 Å². The fourth-order valence-corrected chi connectivity index (χ4v) is 2.65. The number of aromatic nitrogens is 3. The van der Waals surface area contributed by atoms with E-state index in [1.165, 1.54) is 0 Å². The van der Waals surface area contributed by atoms with Gasteiger partial charge < -0.3 is 26.3 Å². The van der Waals surface area contributed by atoms with Gasteiger partial charge in [0.05, 0.1) is 5.25 Å². The van der Waals surface area contributed by atoms with E-state index in [0.717, 1.165) is 11.8 Å².